The van der Waals surface area contributed by atoms with Gasteiger partial charge in [-0.05, 0) is 119 Å². The highest BCUT2D eigenvalue weighted by molar-refractivity contribution is 5.37. The number of ether oxygens (including phenoxy) is 1. The monoisotopic (exact) mass is 427 g/mol. The van der Waals surface area contributed by atoms with E-state index in [1.165, 1.54) is 70.0 Å². The number of likely N-dealkylation sites (tertiary alicyclic amines) is 1. The van der Waals surface area contributed by atoms with Crippen molar-refractivity contribution in [3.8, 4) is 0 Å². The second-order valence-electron chi connectivity index (χ2n) is 11.4. The molecule has 0 amide bonds. The van der Waals surface area contributed by atoms with Crippen molar-refractivity contribution in [2.45, 2.75) is 96.2 Å². The summed E-state index contributed by atoms with van der Waals surface area (Å²) in [4.78, 5) is 2.66. The number of fused-ring (bicyclic) bond motifs is 1. The molecule has 5 atom stereocenters. The Hall–Kier alpha value is -0.900. The van der Waals surface area contributed by atoms with Gasteiger partial charge >= 0.3 is 0 Å². The summed E-state index contributed by atoms with van der Waals surface area (Å²) in [5.41, 5.74) is 4.41. The molecule has 3 saturated carbocycles. The SMILES string of the molecule is C=C1/C(=C\C=C2/CCCC3(C)C2CC[C@@H]3CCN2CCCC(C)(OC)C2)CCCC1O. The molecule has 0 radical (unpaired) electrons. The van der Waals surface area contributed by atoms with E-state index < -0.39 is 0 Å². The standard InChI is InChI=1S/C28H45NO2/c1-21-22(8-5-10-26(21)30)11-12-23-9-6-17-28(3)24(13-14-25(23)28)15-19-29-18-7-16-27(2,20-29)31-4/h11-12,24-26,30H,1,5-10,13-20H2,2-4H3/b22-11-,23-12+/t24-,25?,26?,27?,28?/m1/s1. The van der Waals surface area contributed by atoms with Crippen LogP contribution in [-0.2, 0) is 4.74 Å². The van der Waals surface area contributed by atoms with E-state index in [0.29, 0.717) is 5.41 Å². The minimum atomic E-state index is -0.333. The molecule has 4 unspecified atom stereocenters. The average molecular weight is 428 g/mol. The maximum atomic E-state index is 10.2. The molecule has 4 rings (SSSR count). The van der Waals surface area contributed by atoms with Crippen LogP contribution in [0.15, 0.2) is 35.5 Å². The van der Waals surface area contributed by atoms with Gasteiger partial charge in [0.1, 0.15) is 0 Å². The normalized spacial score (nSPS) is 42.3. The fourth-order valence-electron chi connectivity index (χ4n) is 7.26. The number of rotatable bonds is 5. The smallest absolute Gasteiger partial charge is 0.0787 e. The molecular weight excluding hydrogens is 382 g/mol. The van der Waals surface area contributed by atoms with Crippen molar-refractivity contribution in [2.75, 3.05) is 26.7 Å². The average Bonchev–Trinajstić information content (AvgIpc) is 3.10. The Morgan fingerprint density at radius 3 is 2.74 bits per heavy atom. The van der Waals surface area contributed by atoms with Gasteiger partial charge in [0.25, 0.3) is 0 Å². The van der Waals surface area contributed by atoms with Crippen LogP contribution in [0.2, 0.25) is 0 Å². The lowest BCUT2D eigenvalue weighted by Gasteiger charge is -2.44. The van der Waals surface area contributed by atoms with Gasteiger partial charge in [-0.2, -0.15) is 0 Å². The van der Waals surface area contributed by atoms with Gasteiger partial charge in [-0.25, -0.2) is 0 Å². The van der Waals surface area contributed by atoms with E-state index in [9.17, 15) is 5.11 Å². The van der Waals surface area contributed by atoms with Gasteiger partial charge in [-0.3, -0.25) is 0 Å². The van der Waals surface area contributed by atoms with Gasteiger partial charge in [0.2, 0.25) is 0 Å². The van der Waals surface area contributed by atoms with Crippen molar-refractivity contribution in [3.63, 3.8) is 0 Å². The summed E-state index contributed by atoms with van der Waals surface area (Å²) in [5.74, 6) is 1.59. The molecule has 1 aliphatic heterocycles. The zero-order valence-corrected chi connectivity index (χ0v) is 20.3. The van der Waals surface area contributed by atoms with Crippen LogP contribution < -0.4 is 0 Å². The molecule has 174 valence electrons. The zero-order valence-electron chi connectivity index (χ0n) is 20.3. The van der Waals surface area contributed by atoms with Gasteiger partial charge in [-0.15, -0.1) is 0 Å². The first-order chi connectivity index (χ1) is 14.8. The predicted molar refractivity (Wildman–Crippen MR) is 129 cm³/mol. The Morgan fingerprint density at radius 1 is 1.10 bits per heavy atom. The van der Waals surface area contributed by atoms with Crippen molar-refractivity contribution in [2.24, 2.45) is 17.3 Å². The predicted octanol–water partition coefficient (Wildman–Crippen LogP) is 6.05. The highest BCUT2D eigenvalue weighted by Gasteiger charge is 2.48. The van der Waals surface area contributed by atoms with Crippen LogP contribution in [0, 0.1) is 17.3 Å². The summed E-state index contributed by atoms with van der Waals surface area (Å²) in [6.07, 6.45) is 17.9. The molecule has 4 fully saturated rings. The lowest BCUT2D eigenvalue weighted by molar-refractivity contribution is -0.0526. The summed E-state index contributed by atoms with van der Waals surface area (Å²) in [6.45, 7) is 12.6. The molecule has 1 saturated heterocycles. The Morgan fingerprint density at radius 2 is 1.94 bits per heavy atom. The quantitative estimate of drug-likeness (QED) is 0.580. The molecule has 3 nitrogen and oxygen atoms in total. The molecule has 3 heteroatoms. The summed E-state index contributed by atoms with van der Waals surface area (Å²) in [6, 6.07) is 0. The van der Waals surface area contributed by atoms with Crippen molar-refractivity contribution >= 4 is 0 Å². The van der Waals surface area contributed by atoms with Crippen LogP contribution in [0.1, 0.15) is 84.5 Å². The van der Waals surface area contributed by atoms with Gasteiger partial charge in [0, 0.05) is 13.7 Å². The molecule has 1 N–H and O–H groups in total. The lowest BCUT2D eigenvalue weighted by atomic mass is 9.63. The number of hydrogen-bond acceptors (Lipinski definition) is 3. The van der Waals surface area contributed by atoms with Crippen LogP contribution in [0.25, 0.3) is 0 Å². The number of methoxy groups -OCH3 is 1. The molecule has 31 heavy (non-hydrogen) atoms. The zero-order chi connectivity index (χ0) is 22.1. The lowest BCUT2D eigenvalue weighted by Crippen LogP contribution is -2.48. The first-order valence-electron chi connectivity index (χ1n) is 12.9. The first kappa shape index (κ1) is 23.3. The van der Waals surface area contributed by atoms with E-state index in [1.54, 1.807) is 5.57 Å². The van der Waals surface area contributed by atoms with E-state index in [4.69, 9.17) is 4.74 Å². The second kappa shape index (κ2) is 9.53. The van der Waals surface area contributed by atoms with Crippen molar-refractivity contribution < 1.29 is 9.84 Å². The second-order valence-corrected chi connectivity index (χ2v) is 11.4. The number of allylic oxidation sites excluding steroid dienone is 3. The molecule has 0 aromatic carbocycles. The Bertz CT molecular complexity index is 725. The first-order valence-corrected chi connectivity index (χ1v) is 12.9. The molecule has 4 aliphatic rings. The Kier molecular flexibility index (Phi) is 7.15. The topological polar surface area (TPSA) is 32.7 Å². The number of piperidine rings is 1. The maximum Gasteiger partial charge on any atom is 0.0787 e. The summed E-state index contributed by atoms with van der Waals surface area (Å²) in [7, 11) is 1.88. The number of aliphatic hydroxyl groups is 1. The van der Waals surface area contributed by atoms with Crippen LogP contribution in [0.3, 0.4) is 0 Å². The molecule has 1 heterocycles. The maximum absolute atomic E-state index is 10.2. The van der Waals surface area contributed by atoms with Crippen LogP contribution in [0.5, 0.6) is 0 Å². The number of nitrogens with zero attached hydrogens (tertiary/aromatic N) is 1. The van der Waals surface area contributed by atoms with Crippen LogP contribution in [0.4, 0.5) is 0 Å². The summed E-state index contributed by atoms with van der Waals surface area (Å²) in [5, 5.41) is 10.2. The molecule has 3 aliphatic carbocycles. The van der Waals surface area contributed by atoms with E-state index in [2.05, 4.69) is 37.5 Å². The van der Waals surface area contributed by atoms with E-state index in [0.717, 1.165) is 43.2 Å². The van der Waals surface area contributed by atoms with E-state index in [1.807, 2.05) is 7.11 Å². The van der Waals surface area contributed by atoms with Gasteiger partial charge in [0.05, 0.1) is 11.7 Å². The fourth-order valence-corrected chi connectivity index (χ4v) is 7.26. The minimum absolute atomic E-state index is 0.0469. The van der Waals surface area contributed by atoms with Crippen molar-refractivity contribution in [1.29, 1.82) is 0 Å². The van der Waals surface area contributed by atoms with Crippen molar-refractivity contribution in [3.05, 3.63) is 35.5 Å². The molecular formula is C28H45NO2. The van der Waals surface area contributed by atoms with E-state index >= 15 is 0 Å². The van der Waals surface area contributed by atoms with Gasteiger partial charge in [-0.1, -0.05) is 31.2 Å². The van der Waals surface area contributed by atoms with Gasteiger partial charge in [0.15, 0.2) is 0 Å². The molecule has 0 aromatic rings. The van der Waals surface area contributed by atoms with Gasteiger partial charge < -0.3 is 14.7 Å². The van der Waals surface area contributed by atoms with Crippen LogP contribution >= 0.6 is 0 Å². The highest BCUT2D eigenvalue weighted by Crippen LogP contribution is 2.58. The Balaban J connectivity index is 1.40. The molecule has 0 spiro atoms. The van der Waals surface area contributed by atoms with Crippen molar-refractivity contribution in [1.82, 2.24) is 4.90 Å². The fraction of sp³-hybridized carbons (Fsp3) is 0.786. The molecule has 0 bridgehead atoms. The Labute approximate surface area is 190 Å². The summed E-state index contributed by atoms with van der Waals surface area (Å²) >= 11 is 0. The largest absolute Gasteiger partial charge is 0.388 e. The third-order valence-electron chi connectivity index (χ3n) is 9.42. The minimum Gasteiger partial charge on any atom is -0.388 e. The third kappa shape index (κ3) is 4.89. The summed E-state index contributed by atoms with van der Waals surface area (Å²) < 4.78 is 5.82. The highest BCUT2D eigenvalue weighted by atomic mass is 16.5. The van der Waals surface area contributed by atoms with E-state index in [-0.39, 0.29) is 11.7 Å². The van der Waals surface area contributed by atoms with Crippen LogP contribution in [-0.4, -0.2) is 48.5 Å². The third-order valence-corrected chi connectivity index (χ3v) is 9.42. The number of hydrogen-bond donors (Lipinski definition) is 1. The number of aliphatic hydroxyl groups excluding tert-OH is 1. The molecule has 0 aromatic heterocycles.